The molecule has 0 aliphatic carbocycles. The van der Waals surface area contributed by atoms with E-state index in [4.69, 9.17) is 11.6 Å². The summed E-state index contributed by atoms with van der Waals surface area (Å²) in [6.07, 6.45) is 0.890. The highest BCUT2D eigenvalue weighted by atomic mass is 35.5. The van der Waals surface area contributed by atoms with Crippen LogP contribution in [-0.4, -0.2) is 61.5 Å². The van der Waals surface area contributed by atoms with Gasteiger partial charge in [0.2, 0.25) is 21.8 Å². The van der Waals surface area contributed by atoms with Crippen molar-refractivity contribution in [2.75, 3.05) is 26.2 Å². The van der Waals surface area contributed by atoms with Gasteiger partial charge in [0.1, 0.15) is 4.90 Å². The van der Waals surface area contributed by atoms with Crippen molar-refractivity contribution in [1.29, 1.82) is 0 Å². The minimum Gasteiger partial charge on any atom is -0.352 e. The Bertz CT molecular complexity index is 852. The van der Waals surface area contributed by atoms with Crippen molar-refractivity contribution in [2.24, 2.45) is 0 Å². The van der Waals surface area contributed by atoms with Crippen molar-refractivity contribution in [2.45, 2.75) is 38.0 Å². The lowest BCUT2D eigenvalue weighted by molar-refractivity contribution is -0.138. The van der Waals surface area contributed by atoms with Crippen molar-refractivity contribution < 1.29 is 22.8 Å². The van der Waals surface area contributed by atoms with Gasteiger partial charge in [0.15, 0.2) is 0 Å². The number of nitrogens with zero attached hydrogens (tertiary/aromatic N) is 2. The molecule has 0 saturated carbocycles. The minimum atomic E-state index is -3.80. The van der Waals surface area contributed by atoms with Gasteiger partial charge < -0.3 is 5.32 Å². The molecular formula is C18H24ClN3O5S. The molecule has 1 fully saturated rings. The van der Waals surface area contributed by atoms with Crippen LogP contribution >= 0.6 is 11.6 Å². The molecule has 10 heteroatoms. The first-order chi connectivity index (χ1) is 13.2. The molecule has 0 bridgehead atoms. The molecule has 1 aliphatic rings. The zero-order chi connectivity index (χ0) is 20.9. The standard InChI is InChI=1S/C18H24ClN3O5S/c1-3-21(4-2)28(26,27)15-12-13(6-7-14(15)19)18(25)20-10-5-11-22-16(23)8-9-17(22)24/h6-7,12H,3-5,8-11H2,1-2H3,(H,20,25). The maximum absolute atomic E-state index is 12.7. The molecule has 8 nitrogen and oxygen atoms in total. The van der Waals surface area contributed by atoms with Crippen molar-refractivity contribution in [3.63, 3.8) is 0 Å². The van der Waals surface area contributed by atoms with E-state index in [0.29, 0.717) is 19.5 Å². The summed E-state index contributed by atoms with van der Waals surface area (Å²) in [5.41, 5.74) is 0.170. The normalized spacial score (nSPS) is 14.8. The predicted octanol–water partition coefficient (Wildman–Crippen LogP) is 1.64. The van der Waals surface area contributed by atoms with Crippen LogP contribution in [0.15, 0.2) is 23.1 Å². The lowest BCUT2D eigenvalue weighted by Gasteiger charge is -2.19. The topological polar surface area (TPSA) is 104 Å². The van der Waals surface area contributed by atoms with E-state index >= 15 is 0 Å². The van der Waals surface area contributed by atoms with Crippen molar-refractivity contribution in [3.8, 4) is 0 Å². The lowest BCUT2D eigenvalue weighted by Crippen LogP contribution is -2.33. The first-order valence-corrected chi connectivity index (χ1v) is 10.9. The number of sulfonamides is 1. The molecule has 0 radical (unpaired) electrons. The quantitative estimate of drug-likeness (QED) is 0.474. The van der Waals surface area contributed by atoms with E-state index in [0.717, 1.165) is 0 Å². The summed E-state index contributed by atoms with van der Waals surface area (Å²) >= 11 is 6.06. The van der Waals surface area contributed by atoms with Gasteiger partial charge in [0.05, 0.1) is 5.02 Å². The monoisotopic (exact) mass is 429 g/mol. The summed E-state index contributed by atoms with van der Waals surface area (Å²) in [6, 6.07) is 4.10. The SMILES string of the molecule is CCN(CC)S(=O)(=O)c1cc(C(=O)NCCCN2C(=O)CCC2=O)ccc1Cl. The van der Waals surface area contributed by atoms with Gasteiger partial charge in [-0.3, -0.25) is 19.3 Å². The van der Waals surface area contributed by atoms with Gasteiger partial charge in [-0.15, -0.1) is 0 Å². The maximum atomic E-state index is 12.7. The number of imide groups is 1. The number of carbonyl (C=O) groups excluding carboxylic acids is 3. The fourth-order valence-electron chi connectivity index (χ4n) is 2.96. The number of rotatable bonds is 9. The van der Waals surface area contributed by atoms with E-state index < -0.39 is 15.9 Å². The van der Waals surface area contributed by atoms with Crippen molar-refractivity contribution in [3.05, 3.63) is 28.8 Å². The molecule has 1 aliphatic heterocycles. The van der Waals surface area contributed by atoms with Gasteiger partial charge >= 0.3 is 0 Å². The number of benzene rings is 1. The zero-order valence-corrected chi connectivity index (χ0v) is 17.5. The number of hydrogen-bond donors (Lipinski definition) is 1. The second-order valence-electron chi connectivity index (χ2n) is 6.28. The van der Waals surface area contributed by atoms with Gasteiger partial charge in [0, 0.05) is 44.6 Å². The van der Waals surface area contributed by atoms with Crippen LogP contribution in [0.1, 0.15) is 43.5 Å². The average Bonchev–Trinajstić information content (AvgIpc) is 2.97. The third kappa shape index (κ3) is 4.89. The number of nitrogens with one attached hydrogen (secondary N) is 1. The Morgan fingerprint density at radius 2 is 1.79 bits per heavy atom. The molecule has 1 heterocycles. The third-order valence-electron chi connectivity index (χ3n) is 4.52. The van der Waals surface area contributed by atoms with E-state index in [-0.39, 0.29) is 53.2 Å². The second kappa shape index (κ2) is 9.49. The second-order valence-corrected chi connectivity index (χ2v) is 8.60. The van der Waals surface area contributed by atoms with E-state index in [2.05, 4.69) is 5.32 Å². The predicted molar refractivity (Wildman–Crippen MR) is 104 cm³/mol. The van der Waals surface area contributed by atoms with Crippen LogP contribution in [0, 0.1) is 0 Å². The molecule has 1 saturated heterocycles. The van der Waals surface area contributed by atoms with Crippen LogP contribution in [0.2, 0.25) is 5.02 Å². The van der Waals surface area contributed by atoms with Crippen LogP contribution in [0.4, 0.5) is 0 Å². The molecule has 0 spiro atoms. The Kier molecular flexibility index (Phi) is 7.56. The summed E-state index contributed by atoms with van der Waals surface area (Å²) in [5, 5.41) is 2.72. The number of halogens is 1. The van der Waals surface area contributed by atoms with Crippen LogP contribution in [0.5, 0.6) is 0 Å². The van der Waals surface area contributed by atoms with Crippen LogP contribution in [-0.2, 0) is 19.6 Å². The molecule has 28 heavy (non-hydrogen) atoms. The molecule has 0 aromatic heterocycles. The van der Waals surface area contributed by atoms with Crippen LogP contribution in [0.3, 0.4) is 0 Å². The summed E-state index contributed by atoms with van der Waals surface area (Å²) in [6.45, 7) is 4.53. The van der Waals surface area contributed by atoms with Gasteiger partial charge in [0.25, 0.3) is 5.91 Å². The summed E-state index contributed by atoms with van der Waals surface area (Å²) in [7, 11) is -3.80. The van der Waals surface area contributed by atoms with E-state index in [1.165, 1.54) is 27.4 Å². The number of likely N-dealkylation sites (tertiary alicyclic amines) is 1. The van der Waals surface area contributed by atoms with Crippen molar-refractivity contribution in [1.82, 2.24) is 14.5 Å². The van der Waals surface area contributed by atoms with E-state index in [1.807, 2.05) is 0 Å². The van der Waals surface area contributed by atoms with Gasteiger partial charge in [-0.1, -0.05) is 25.4 Å². The molecule has 1 aromatic rings. The largest absolute Gasteiger partial charge is 0.352 e. The van der Waals surface area contributed by atoms with Crippen molar-refractivity contribution >= 4 is 39.3 Å². The molecule has 0 atom stereocenters. The molecule has 154 valence electrons. The van der Waals surface area contributed by atoms with E-state index in [1.54, 1.807) is 13.8 Å². The molecule has 1 N–H and O–H groups in total. The fraction of sp³-hybridized carbons (Fsp3) is 0.500. The maximum Gasteiger partial charge on any atom is 0.251 e. The lowest BCUT2D eigenvalue weighted by atomic mass is 10.2. The summed E-state index contributed by atoms with van der Waals surface area (Å²) in [5.74, 6) is -0.840. The highest BCUT2D eigenvalue weighted by Crippen LogP contribution is 2.26. The van der Waals surface area contributed by atoms with Gasteiger partial charge in [-0.05, 0) is 24.6 Å². The molecule has 0 unspecified atom stereocenters. The Labute approximate surface area is 169 Å². The fourth-order valence-corrected chi connectivity index (χ4v) is 4.92. The zero-order valence-electron chi connectivity index (χ0n) is 15.9. The Hall–Kier alpha value is -1.97. The first-order valence-electron chi connectivity index (χ1n) is 9.13. The van der Waals surface area contributed by atoms with Gasteiger partial charge in [-0.2, -0.15) is 4.31 Å². The van der Waals surface area contributed by atoms with Crippen LogP contribution < -0.4 is 5.32 Å². The smallest absolute Gasteiger partial charge is 0.251 e. The molecule has 2 rings (SSSR count). The third-order valence-corrected chi connectivity index (χ3v) is 7.05. The highest BCUT2D eigenvalue weighted by Gasteiger charge is 2.28. The van der Waals surface area contributed by atoms with E-state index in [9.17, 15) is 22.8 Å². The molecule has 3 amide bonds. The van der Waals surface area contributed by atoms with Crippen LogP contribution in [0.25, 0.3) is 0 Å². The Morgan fingerprint density at radius 1 is 1.18 bits per heavy atom. The van der Waals surface area contributed by atoms with Gasteiger partial charge in [-0.25, -0.2) is 8.42 Å². The number of hydrogen-bond acceptors (Lipinski definition) is 5. The summed E-state index contributed by atoms with van der Waals surface area (Å²) in [4.78, 5) is 36.5. The highest BCUT2D eigenvalue weighted by molar-refractivity contribution is 7.89. The number of amides is 3. The number of carbonyl (C=O) groups is 3. The molecular weight excluding hydrogens is 406 g/mol. The Morgan fingerprint density at radius 3 is 2.36 bits per heavy atom. The Balaban J connectivity index is 2.02. The minimum absolute atomic E-state index is 0.0505. The molecule has 1 aromatic carbocycles. The summed E-state index contributed by atoms with van der Waals surface area (Å²) < 4.78 is 26.7. The average molecular weight is 430 g/mol. The first kappa shape index (κ1) is 22.3.